The van der Waals surface area contributed by atoms with Gasteiger partial charge < -0.3 is 11.1 Å². The molecule has 104 valence electrons. The standard InChI is InChI=1S/C14H20N2O2S/c15-11-4-5-13-10(8-11)3-6-14(13)16-12-2-1-7-19(17,18)9-12/h4-5,8,12,14,16H,1-3,6-7,9,15H2. The molecule has 1 aromatic carbocycles. The van der Waals surface area contributed by atoms with Gasteiger partial charge in [-0.1, -0.05) is 6.07 Å². The van der Waals surface area contributed by atoms with Crippen molar-refractivity contribution in [3.05, 3.63) is 29.3 Å². The number of nitrogens with one attached hydrogen (secondary N) is 1. The van der Waals surface area contributed by atoms with Gasteiger partial charge in [0.2, 0.25) is 0 Å². The van der Waals surface area contributed by atoms with Crippen molar-refractivity contribution < 1.29 is 8.42 Å². The van der Waals surface area contributed by atoms with Crippen LogP contribution in [0, 0.1) is 0 Å². The van der Waals surface area contributed by atoms with Crippen molar-refractivity contribution >= 4 is 15.5 Å². The number of hydrogen-bond donors (Lipinski definition) is 2. The molecule has 0 bridgehead atoms. The smallest absolute Gasteiger partial charge is 0.151 e. The summed E-state index contributed by atoms with van der Waals surface area (Å²) in [6.07, 6.45) is 3.80. The SMILES string of the molecule is Nc1ccc2c(c1)CCC2NC1CCCS(=O)(=O)C1. The van der Waals surface area contributed by atoms with Gasteiger partial charge in [-0.3, -0.25) is 0 Å². The van der Waals surface area contributed by atoms with E-state index >= 15 is 0 Å². The predicted molar refractivity (Wildman–Crippen MR) is 76.7 cm³/mol. The van der Waals surface area contributed by atoms with E-state index in [0.717, 1.165) is 31.4 Å². The highest BCUT2D eigenvalue weighted by Crippen LogP contribution is 2.33. The summed E-state index contributed by atoms with van der Waals surface area (Å²) < 4.78 is 23.3. The Kier molecular flexibility index (Phi) is 3.27. The Labute approximate surface area is 114 Å². The molecule has 0 saturated carbocycles. The van der Waals surface area contributed by atoms with E-state index in [0.29, 0.717) is 5.75 Å². The third-order valence-electron chi connectivity index (χ3n) is 4.14. The van der Waals surface area contributed by atoms with Crippen molar-refractivity contribution in [1.82, 2.24) is 5.32 Å². The minimum Gasteiger partial charge on any atom is -0.399 e. The van der Waals surface area contributed by atoms with Crippen LogP contribution >= 0.6 is 0 Å². The molecule has 19 heavy (non-hydrogen) atoms. The van der Waals surface area contributed by atoms with E-state index in [9.17, 15) is 8.42 Å². The van der Waals surface area contributed by atoms with Crippen LogP contribution in [0.1, 0.15) is 36.4 Å². The lowest BCUT2D eigenvalue weighted by molar-refractivity contribution is 0.419. The van der Waals surface area contributed by atoms with Crippen molar-refractivity contribution in [3.8, 4) is 0 Å². The number of benzene rings is 1. The number of nitrogen functional groups attached to an aromatic ring is 1. The van der Waals surface area contributed by atoms with Crippen LogP contribution in [0.3, 0.4) is 0 Å². The summed E-state index contributed by atoms with van der Waals surface area (Å²) in [5, 5.41) is 3.53. The van der Waals surface area contributed by atoms with Gasteiger partial charge in [0.1, 0.15) is 0 Å². The van der Waals surface area contributed by atoms with Gasteiger partial charge in [0, 0.05) is 17.8 Å². The monoisotopic (exact) mass is 280 g/mol. The van der Waals surface area contributed by atoms with Crippen LogP contribution in [0.4, 0.5) is 5.69 Å². The number of nitrogens with two attached hydrogens (primary N) is 1. The summed E-state index contributed by atoms with van der Waals surface area (Å²) in [6, 6.07) is 6.43. The summed E-state index contributed by atoms with van der Waals surface area (Å²) in [5.41, 5.74) is 9.19. The molecule has 3 rings (SSSR count). The van der Waals surface area contributed by atoms with Gasteiger partial charge >= 0.3 is 0 Å². The van der Waals surface area contributed by atoms with E-state index in [1.165, 1.54) is 11.1 Å². The minimum absolute atomic E-state index is 0.104. The first-order chi connectivity index (χ1) is 9.03. The number of sulfone groups is 1. The van der Waals surface area contributed by atoms with E-state index in [1.54, 1.807) is 0 Å². The van der Waals surface area contributed by atoms with Crippen molar-refractivity contribution in [2.75, 3.05) is 17.2 Å². The highest BCUT2D eigenvalue weighted by Gasteiger charge is 2.29. The zero-order valence-electron chi connectivity index (χ0n) is 10.9. The maximum absolute atomic E-state index is 11.7. The summed E-state index contributed by atoms with van der Waals surface area (Å²) >= 11 is 0. The second-order valence-corrected chi connectivity index (χ2v) is 7.90. The summed E-state index contributed by atoms with van der Waals surface area (Å²) in [6.45, 7) is 0. The molecule has 4 nitrogen and oxygen atoms in total. The largest absolute Gasteiger partial charge is 0.399 e. The second-order valence-electron chi connectivity index (χ2n) is 5.67. The maximum Gasteiger partial charge on any atom is 0.151 e. The third-order valence-corrected chi connectivity index (χ3v) is 5.97. The van der Waals surface area contributed by atoms with E-state index in [-0.39, 0.29) is 17.8 Å². The Morgan fingerprint density at radius 1 is 1.26 bits per heavy atom. The molecular formula is C14H20N2O2S. The fraction of sp³-hybridized carbons (Fsp3) is 0.571. The molecule has 3 N–H and O–H groups in total. The predicted octanol–water partition coefficient (Wildman–Crippen LogP) is 1.42. The Balaban J connectivity index is 1.73. The third kappa shape index (κ3) is 2.77. The average molecular weight is 280 g/mol. The summed E-state index contributed by atoms with van der Waals surface area (Å²) in [7, 11) is -2.84. The molecule has 5 heteroatoms. The number of fused-ring (bicyclic) bond motifs is 1. The summed E-state index contributed by atoms with van der Waals surface area (Å²) in [5.74, 6) is 0.636. The highest BCUT2D eigenvalue weighted by atomic mass is 32.2. The lowest BCUT2D eigenvalue weighted by atomic mass is 10.1. The Morgan fingerprint density at radius 3 is 2.89 bits per heavy atom. The first-order valence-corrected chi connectivity index (χ1v) is 8.70. The van der Waals surface area contributed by atoms with Crippen LogP contribution in [0.2, 0.25) is 0 Å². The number of rotatable bonds is 2. The molecule has 0 aromatic heterocycles. The van der Waals surface area contributed by atoms with Gasteiger partial charge in [0.25, 0.3) is 0 Å². The molecule has 0 amide bonds. The van der Waals surface area contributed by atoms with E-state index in [1.807, 2.05) is 12.1 Å². The zero-order valence-corrected chi connectivity index (χ0v) is 11.7. The van der Waals surface area contributed by atoms with E-state index in [4.69, 9.17) is 5.73 Å². The van der Waals surface area contributed by atoms with Crippen LogP contribution in [0.15, 0.2) is 18.2 Å². The maximum atomic E-state index is 11.7. The number of hydrogen-bond acceptors (Lipinski definition) is 4. The molecule has 1 aromatic rings. The highest BCUT2D eigenvalue weighted by molar-refractivity contribution is 7.91. The quantitative estimate of drug-likeness (QED) is 0.804. The lowest BCUT2D eigenvalue weighted by Crippen LogP contribution is -2.41. The Bertz CT molecular complexity index is 583. The fourth-order valence-corrected chi connectivity index (χ4v) is 4.90. The number of anilines is 1. The second kappa shape index (κ2) is 4.80. The number of aryl methyl sites for hydroxylation is 1. The molecular weight excluding hydrogens is 260 g/mol. The van der Waals surface area contributed by atoms with Crippen molar-refractivity contribution in [2.45, 2.75) is 37.8 Å². The van der Waals surface area contributed by atoms with E-state index < -0.39 is 9.84 Å². The topological polar surface area (TPSA) is 72.2 Å². The van der Waals surface area contributed by atoms with Crippen LogP contribution in [-0.4, -0.2) is 26.0 Å². The Hall–Kier alpha value is -1.07. The van der Waals surface area contributed by atoms with Crippen molar-refractivity contribution in [2.24, 2.45) is 0 Å². The van der Waals surface area contributed by atoms with Gasteiger partial charge in [-0.25, -0.2) is 8.42 Å². The average Bonchev–Trinajstić information content (AvgIpc) is 2.70. The van der Waals surface area contributed by atoms with Crippen LogP contribution < -0.4 is 11.1 Å². The molecule has 1 fully saturated rings. The molecule has 0 spiro atoms. The first-order valence-electron chi connectivity index (χ1n) is 6.88. The lowest BCUT2D eigenvalue weighted by Gasteiger charge is -2.27. The normalized spacial score (nSPS) is 29.1. The van der Waals surface area contributed by atoms with Crippen LogP contribution in [0.5, 0.6) is 0 Å². The van der Waals surface area contributed by atoms with Gasteiger partial charge in [-0.2, -0.15) is 0 Å². The zero-order chi connectivity index (χ0) is 13.5. The van der Waals surface area contributed by atoms with Crippen molar-refractivity contribution in [1.29, 1.82) is 0 Å². The molecule has 0 radical (unpaired) electrons. The molecule has 1 heterocycles. The molecule has 2 atom stereocenters. The minimum atomic E-state index is -2.84. The molecule has 1 saturated heterocycles. The van der Waals surface area contributed by atoms with Crippen LogP contribution in [-0.2, 0) is 16.3 Å². The van der Waals surface area contributed by atoms with E-state index in [2.05, 4.69) is 11.4 Å². The molecule has 2 unspecified atom stereocenters. The Morgan fingerprint density at radius 2 is 2.11 bits per heavy atom. The van der Waals surface area contributed by atoms with Crippen LogP contribution in [0.25, 0.3) is 0 Å². The first kappa shape index (κ1) is 12.9. The molecule has 1 aliphatic carbocycles. The van der Waals surface area contributed by atoms with Gasteiger partial charge in [0.15, 0.2) is 9.84 Å². The van der Waals surface area contributed by atoms with Crippen molar-refractivity contribution in [3.63, 3.8) is 0 Å². The van der Waals surface area contributed by atoms with Gasteiger partial charge in [-0.15, -0.1) is 0 Å². The molecule has 1 aliphatic heterocycles. The molecule has 2 aliphatic rings. The van der Waals surface area contributed by atoms with Gasteiger partial charge in [-0.05, 0) is 48.9 Å². The van der Waals surface area contributed by atoms with Gasteiger partial charge in [0.05, 0.1) is 11.5 Å². The fourth-order valence-electron chi connectivity index (χ4n) is 3.25. The summed E-state index contributed by atoms with van der Waals surface area (Å²) in [4.78, 5) is 0.